The minimum absolute atomic E-state index is 0.00427. The Bertz CT molecular complexity index is 914. The zero-order chi connectivity index (χ0) is 19.4. The summed E-state index contributed by atoms with van der Waals surface area (Å²) >= 11 is 0. The minimum atomic E-state index is -0.577. The van der Waals surface area contributed by atoms with E-state index in [9.17, 15) is 14.0 Å². The number of hydrogen-bond acceptors (Lipinski definition) is 5. The van der Waals surface area contributed by atoms with Crippen molar-refractivity contribution in [3.63, 3.8) is 0 Å². The molecule has 2 amide bonds. The van der Waals surface area contributed by atoms with Crippen molar-refractivity contribution in [1.29, 1.82) is 0 Å². The van der Waals surface area contributed by atoms with Crippen molar-refractivity contribution in [2.24, 2.45) is 4.99 Å². The number of rotatable bonds is 4. The van der Waals surface area contributed by atoms with Crippen molar-refractivity contribution < 1.29 is 23.5 Å². The van der Waals surface area contributed by atoms with Gasteiger partial charge in [0.2, 0.25) is 11.9 Å². The summed E-state index contributed by atoms with van der Waals surface area (Å²) in [5.74, 6) is -0.278. The van der Waals surface area contributed by atoms with E-state index in [1.165, 1.54) is 32.4 Å². The highest BCUT2D eigenvalue weighted by Gasteiger charge is 2.26. The molecule has 0 aliphatic carbocycles. The molecule has 0 saturated heterocycles. The molecule has 0 radical (unpaired) electrons. The number of ether oxygens (including phenoxy) is 2. The average molecular weight is 371 g/mol. The van der Waals surface area contributed by atoms with E-state index in [1.807, 2.05) is 0 Å². The molecule has 8 heteroatoms. The highest BCUT2D eigenvalue weighted by molar-refractivity contribution is 6.10. The van der Waals surface area contributed by atoms with E-state index < -0.39 is 17.8 Å². The predicted molar refractivity (Wildman–Crippen MR) is 96.3 cm³/mol. The Morgan fingerprint density at radius 3 is 2.74 bits per heavy atom. The second-order valence-corrected chi connectivity index (χ2v) is 5.82. The van der Waals surface area contributed by atoms with Crippen molar-refractivity contribution in [2.75, 3.05) is 14.2 Å². The second kappa shape index (κ2) is 7.86. The summed E-state index contributed by atoms with van der Waals surface area (Å²) in [6.07, 6.45) is 0.0862. The molecule has 3 rings (SSSR count). The molecule has 0 spiro atoms. The standard InChI is InChI=1S/C19H18FN3O4/c1-26-13-6-7-16(27-2)14(9-13)15-10-17(24)22-19(21-15)23-18(25)11-4-3-5-12(20)8-11/h3-9,15H,10H2,1-2H3,(H2,21,22,23,24,25)/t15-/m1/s1. The van der Waals surface area contributed by atoms with Crippen molar-refractivity contribution >= 4 is 17.8 Å². The van der Waals surface area contributed by atoms with Crippen LogP contribution in [0.4, 0.5) is 4.39 Å². The molecule has 0 unspecified atom stereocenters. The molecule has 1 aliphatic rings. The largest absolute Gasteiger partial charge is 0.497 e. The summed E-state index contributed by atoms with van der Waals surface area (Å²) in [7, 11) is 3.05. The number of benzene rings is 2. The molecule has 0 bridgehead atoms. The van der Waals surface area contributed by atoms with E-state index in [0.717, 1.165) is 6.07 Å². The molecular formula is C19H18FN3O4. The quantitative estimate of drug-likeness (QED) is 0.862. The van der Waals surface area contributed by atoms with Crippen LogP contribution in [0.2, 0.25) is 0 Å². The molecule has 1 atom stereocenters. The molecule has 7 nitrogen and oxygen atoms in total. The maximum absolute atomic E-state index is 13.3. The van der Waals surface area contributed by atoms with Gasteiger partial charge >= 0.3 is 0 Å². The molecule has 1 heterocycles. The van der Waals surface area contributed by atoms with Crippen LogP contribution in [0.5, 0.6) is 11.5 Å². The Kier molecular flexibility index (Phi) is 5.35. The van der Waals surface area contributed by atoms with Gasteiger partial charge in [-0.3, -0.25) is 20.2 Å². The normalized spacial score (nSPS) is 16.2. The van der Waals surface area contributed by atoms with Crippen molar-refractivity contribution in [3.05, 3.63) is 59.4 Å². The molecule has 2 N–H and O–H groups in total. The fourth-order valence-corrected chi connectivity index (χ4v) is 2.74. The first kappa shape index (κ1) is 18.4. The van der Waals surface area contributed by atoms with Crippen LogP contribution in [-0.2, 0) is 4.79 Å². The van der Waals surface area contributed by atoms with Gasteiger partial charge in [0.15, 0.2) is 0 Å². The van der Waals surface area contributed by atoms with Gasteiger partial charge in [0.25, 0.3) is 5.91 Å². The Labute approximate surface area is 155 Å². The first-order chi connectivity index (χ1) is 13.0. The van der Waals surface area contributed by atoms with E-state index in [0.29, 0.717) is 17.1 Å². The molecule has 27 heavy (non-hydrogen) atoms. The number of guanidine groups is 1. The maximum atomic E-state index is 13.3. The highest BCUT2D eigenvalue weighted by atomic mass is 19.1. The molecule has 2 aromatic rings. The van der Waals surface area contributed by atoms with Gasteiger partial charge in [-0.1, -0.05) is 6.07 Å². The number of carbonyl (C=O) groups is 2. The number of carbonyl (C=O) groups excluding carboxylic acids is 2. The minimum Gasteiger partial charge on any atom is -0.497 e. The number of methoxy groups -OCH3 is 2. The van der Waals surface area contributed by atoms with Crippen LogP contribution in [0.1, 0.15) is 28.4 Å². The summed E-state index contributed by atoms with van der Waals surface area (Å²) in [6, 6.07) is 9.86. The Morgan fingerprint density at radius 2 is 2.04 bits per heavy atom. The highest BCUT2D eigenvalue weighted by Crippen LogP contribution is 2.34. The Morgan fingerprint density at radius 1 is 1.22 bits per heavy atom. The molecule has 140 valence electrons. The smallest absolute Gasteiger partial charge is 0.258 e. The molecule has 2 aromatic carbocycles. The fourth-order valence-electron chi connectivity index (χ4n) is 2.74. The van der Waals surface area contributed by atoms with Gasteiger partial charge in [-0.25, -0.2) is 9.38 Å². The summed E-state index contributed by atoms with van der Waals surface area (Å²) in [5, 5.41) is 5.01. The molecule has 0 fully saturated rings. The zero-order valence-electron chi connectivity index (χ0n) is 14.8. The maximum Gasteiger partial charge on any atom is 0.258 e. The summed E-state index contributed by atoms with van der Waals surface area (Å²) < 4.78 is 23.9. The lowest BCUT2D eigenvalue weighted by Gasteiger charge is -2.23. The van der Waals surface area contributed by atoms with Crippen LogP contribution in [0.3, 0.4) is 0 Å². The average Bonchev–Trinajstić information content (AvgIpc) is 2.67. The van der Waals surface area contributed by atoms with Crippen LogP contribution >= 0.6 is 0 Å². The molecule has 0 saturated carbocycles. The van der Waals surface area contributed by atoms with Crippen molar-refractivity contribution in [3.8, 4) is 11.5 Å². The molecule has 1 aliphatic heterocycles. The summed E-state index contributed by atoms with van der Waals surface area (Å²) in [4.78, 5) is 28.8. The number of amides is 2. The number of aliphatic imine (C=N–C) groups is 1. The van der Waals surface area contributed by atoms with E-state index in [4.69, 9.17) is 9.47 Å². The third kappa shape index (κ3) is 4.22. The summed E-state index contributed by atoms with van der Waals surface area (Å²) in [5.41, 5.74) is 0.775. The molecular weight excluding hydrogens is 353 g/mol. The molecule has 0 aromatic heterocycles. The number of hydrogen-bond donors (Lipinski definition) is 2. The lowest BCUT2D eigenvalue weighted by molar-refractivity contribution is -0.120. The third-order valence-corrected chi connectivity index (χ3v) is 4.04. The number of nitrogens with zero attached hydrogens (tertiary/aromatic N) is 1. The van der Waals surface area contributed by atoms with Crippen LogP contribution in [0, 0.1) is 5.82 Å². The van der Waals surface area contributed by atoms with Gasteiger partial charge in [0.1, 0.15) is 17.3 Å². The van der Waals surface area contributed by atoms with Crippen LogP contribution in [0.25, 0.3) is 0 Å². The summed E-state index contributed by atoms with van der Waals surface area (Å²) in [6.45, 7) is 0. The van der Waals surface area contributed by atoms with E-state index >= 15 is 0 Å². The van der Waals surface area contributed by atoms with Gasteiger partial charge in [-0.2, -0.15) is 0 Å². The third-order valence-electron chi connectivity index (χ3n) is 4.04. The first-order valence-electron chi connectivity index (χ1n) is 8.16. The predicted octanol–water partition coefficient (Wildman–Crippen LogP) is 2.19. The van der Waals surface area contributed by atoms with Crippen LogP contribution < -0.4 is 20.1 Å². The van der Waals surface area contributed by atoms with Gasteiger partial charge in [-0.05, 0) is 36.4 Å². The van der Waals surface area contributed by atoms with E-state index in [-0.39, 0.29) is 23.9 Å². The lowest BCUT2D eigenvalue weighted by Crippen LogP contribution is -2.47. The van der Waals surface area contributed by atoms with Gasteiger partial charge in [-0.15, -0.1) is 0 Å². The monoisotopic (exact) mass is 371 g/mol. The van der Waals surface area contributed by atoms with E-state index in [1.54, 1.807) is 18.2 Å². The van der Waals surface area contributed by atoms with Gasteiger partial charge in [0.05, 0.1) is 26.7 Å². The lowest BCUT2D eigenvalue weighted by atomic mass is 10.0. The zero-order valence-corrected chi connectivity index (χ0v) is 14.8. The van der Waals surface area contributed by atoms with Crippen molar-refractivity contribution in [2.45, 2.75) is 12.5 Å². The number of halogens is 1. The second-order valence-electron chi connectivity index (χ2n) is 5.82. The van der Waals surface area contributed by atoms with E-state index in [2.05, 4.69) is 15.6 Å². The SMILES string of the molecule is COc1ccc(OC)c([C@H]2CC(=O)NC(NC(=O)c3cccc(F)c3)=N2)c1. The topological polar surface area (TPSA) is 89.0 Å². The Balaban J connectivity index is 1.88. The number of nitrogens with one attached hydrogen (secondary N) is 2. The fraction of sp³-hybridized carbons (Fsp3) is 0.211. The van der Waals surface area contributed by atoms with Crippen LogP contribution in [0.15, 0.2) is 47.5 Å². The van der Waals surface area contributed by atoms with Gasteiger partial charge in [0, 0.05) is 11.1 Å². The van der Waals surface area contributed by atoms with Gasteiger partial charge < -0.3 is 9.47 Å². The van der Waals surface area contributed by atoms with Crippen LogP contribution in [-0.4, -0.2) is 32.0 Å². The Hall–Kier alpha value is -3.42. The van der Waals surface area contributed by atoms with Crippen molar-refractivity contribution in [1.82, 2.24) is 10.6 Å². The first-order valence-corrected chi connectivity index (χ1v) is 8.16.